The van der Waals surface area contributed by atoms with Crippen molar-refractivity contribution in [3.8, 4) is 0 Å². The van der Waals surface area contributed by atoms with E-state index in [-0.39, 0.29) is 0 Å². The Morgan fingerprint density at radius 3 is 1.71 bits per heavy atom. The van der Waals surface area contributed by atoms with Crippen LogP contribution in [0, 0.1) is 0 Å². The minimum atomic E-state index is -1.94. The molecule has 0 heterocycles. The Morgan fingerprint density at radius 2 is 1.71 bits per heavy atom. The summed E-state index contributed by atoms with van der Waals surface area (Å²) >= 11 is 8.84. The average Bonchev–Trinajstić information content (AvgIpc) is 1.30. The number of hydrogen-bond acceptors (Lipinski definition) is 0. The number of hydrogen-bond donors (Lipinski definition) is 0. The van der Waals surface area contributed by atoms with E-state index in [9.17, 15) is 0 Å². The molecule has 0 aliphatic heterocycles. The molecule has 0 aromatic rings. The van der Waals surface area contributed by atoms with E-state index in [0.717, 1.165) is 0 Å². The summed E-state index contributed by atoms with van der Waals surface area (Å²) in [5, 5.41) is 0. The van der Waals surface area contributed by atoms with Gasteiger partial charge in [-0.15, -0.1) is 0 Å². The quantitative estimate of drug-likeness (QED) is 0.548. The predicted octanol–water partition coefficient (Wildman–Crippen LogP) is 3.90. The van der Waals surface area contributed by atoms with Crippen LogP contribution in [0.25, 0.3) is 0 Å². The zero-order valence-corrected chi connectivity index (χ0v) is 12.4. The van der Waals surface area contributed by atoms with Crippen LogP contribution in [0.4, 0.5) is 0 Å². The molecule has 0 aromatic heterocycles. The monoisotopic (exact) mass is 460 g/mol. The van der Waals surface area contributed by atoms with Gasteiger partial charge in [0.2, 0.25) is 0 Å². The minimum absolute atomic E-state index is 1.27. The fraction of sp³-hybridized carbons (Fsp3) is 1.00. The van der Waals surface area contributed by atoms with Gasteiger partial charge in [-0.1, -0.05) is 0 Å². The Bertz CT molecular complexity index is 48.6. The zero-order chi connectivity index (χ0) is 5.91. The van der Waals surface area contributed by atoms with Crippen molar-refractivity contribution in [2.24, 2.45) is 0 Å². The molecular weight excluding hydrogens is 454 g/mol. The first-order chi connectivity index (χ1) is 3.06. The van der Waals surface area contributed by atoms with E-state index >= 15 is 0 Å². The van der Waals surface area contributed by atoms with Crippen LogP contribution in [-0.4, -0.2) is 0 Å². The average molecular weight is 461 g/mol. The molecule has 0 aliphatic carbocycles. The van der Waals surface area contributed by atoms with E-state index in [4.69, 9.17) is 0 Å². The maximum atomic E-state index is 3.59. The van der Waals surface area contributed by atoms with Gasteiger partial charge >= 0.3 is 67.4 Å². The fourth-order valence-electron chi connectivity index (χ4n) is 0.283. The molecule has 0 nitrogen and oxygen atoms in total. The van der Waals surface area contributed by atoms with Crippen molar-refractivity contribution in [2.75, 3.05) is 0 Å². The van der Waals surface area contributed by atoms with Crippen molar-refractivity contribution < 1.29 is 13.0 Å². The third-order valence-electron chi connectivity index (χ3n) is 0.533. The summed E-state index contributed by atoms with van der Waals surface area (Å²) in [6, 6.07) is 0. The molecule has 0 amide bonds. The fourth-order valence-corrected chi connectivity index (χ4v) is 12.1. The van der Waals surface area contributed by atoms with E-state index < -0.39 is 13.0 Å². The molecule has 44 valence electrons. The summed E-state index contributed by atoms with van der Waals surface area (Å²) in [5.41, 5.74) is 0. The van der Waals surface area contributed by atoms with Crippen LogP contribution in [0.2, 0.25) is 4.18 Å². The van der Waals surface area contributed by atoms with Crippen LogP contribution < -0.4 is 0 Å². The summed E-state index contributed by atoms with van der Waals surface area (Å²) in [5.74, 6) is 0. The first kappa shape index (κ1) is 9.31. The van der Waals surface area contributed by atoms with Crippen molar-refractivity contribution in [2.45, 2.75) is 17.5 Å². The Kier molecular flexibility index (Phi) is 5.56. The van der Waals surface area contributed by atoms with Crippen LogP contribution in [0.3, 0.4) is 0 Å². The first-order valence-corrected chi connectivity index (χ1v) is 28.2. The molecule has 7 heavy (non-hydrogen) atoms. The van der Waals surface area contributed by atoms with E-state index in [1.807, 2.05) is 0 Å². The van der Waals surface area contributed by atoms with Crippen LogP contribution in [0.1, 0.15) is 13.3 Å². The zero-order valence-electron chi connectivity index (χ0n) is 4.05. The third kappa shape index (κ3) is 8.31. The van der Waals surface area contributed by atoms with Crippen LogP contribution >= 0.6 is 36.9 Å². The Balaban J connectivity index is 3.15. The summed E-state index contributed by atoms with van der Waals surface area (Å²) < 4.78 is 1.31. The Morgan fingerprint density at radius 1 is 1.29 bits per heavy atom. The van der Waals surface area contributed by atoms with Gasteiger partial charge in [0.25, 0.3) is 0 Å². The molecule has 0 atom stereocenters. The van der Waals surface area contributed by atoms with E-state index in [1.165, 1.54) is 10.6 Å². The van der Waals surface area contributed by atoms with Gasteiger partial charge < -0.3 is 0 Å². The predicted molar refractivity (Wildman–Crippen MR) is 41.9 cm³/mol. The number of halogens is 3. The van der Waals surface area contributed by atoms with Crippen molar-refractivity contribution in [3.63, 3.8) is 0 Å². The standard InChI is InChI=1S/C3H7.3BrH.Hf/c1-3-2;;;;/h1,3H2,2H3;3*1H;/q;;;;+3/p-3. The van der Waals surface area contributed by atoms with Crippen molar-refractivity contribution in [1.29, 1.82) is 0 Å². The van der Waals surface area contributed by atoms with Gasteiger partial charge in [0.15, 0.2) is 0 Å². The molecule has 0 aromatic carbocycles. The Hall–Kier alpha value is 2.31. The van der Waals surface area contributed by atoms with Gasteiger partial charge in [-0.05, 0) is 0 Å². The van der Waals surface area contributed by atoms with Crippen molar-refractivity contribution in [1.82, 2.24) is 0 Å². The molecule has 0 spiro atoms. The third-order valence-corrected chi connectivity index (χ3v) is 14.1. The van der Waals surface area contributed by atoms with Gasteiger partial charge in [0, 0.05) is 0 Å². The molecule has 0 unspecified atom stereocenters. The Labute approximate surface area is 66.2 Å². The molecule has 0 saturated heterocycles. The van der Waals surface area contributed by atoms with Gasteiger partial charge in [-0.3, -0.25) is 0 Å². The molecule has 0 fully saturated rings. The van der Waals surface area contributed by atoms with Gasteiger partial charge in [-0.2, -0.15) is 0 Å². The summed E-state index contributed by atoms with van der Waals surface area (Å²) in [6.45, 7) is 2.19. The summed E-state index contributed by atoms with van der Waals surface area (Å²) in [7, 11) is 0. The molecule has 0 aliphatic rings. The van der Waals surface area contributed by atoms with E-state index in [2.05, 4.69) is 43.8 Å². The normalized spacial score (nSPS) is 12.0. The SMILES string of the molecule is CC[CH2][Hf]([Br])([Br])[Br]. The van der Waals surface area contributed by atoms with Crippen LogP contribution in [-0.2, 0) is 13.0 Å². The van der Waals surface area contributed by atoms with Gasteiger partial charge in [0.05, 0.1) is 0 Å². The second kappa shape index (κ2) is 4.18. The molecule has 0 bridgehead atoms. The van der Waals surface area contributed by atoms with Crippen molar-refractivity contribution >= 4 is 36.9 Å². The molecule has 0 radical (unpaired) electrons. The second-order valence-corrected chi connectivity index (χ2v) is 67.0. The van der Waals surface area contributed by atoms with E-state index in [1.54, 1.807) is 0 Å². The summed E-state index contributed by atoms with van der Waals surface area (Å²) in [6.07, 6.45) is 1.27. The molecule has 0 rings (SSSR count). The number of rotatable bonds is 2. The topological polar surface area (TPSA) is 0 Å². The van der Waals surface area contributed by atoms with Crippen LogP contribution in [0.15, 0.2) is 0 Å². The van der Waals surface area contributed by atoms with Crippen LogP contribution in [0.5, 0.6) is 0 Å². The van der Waals surface area contributed by atoms with Gasteiger partial charge in [0.1, 0.15) is 0 Å². The molecule has 0 saturated carbocycles. The first-order valence-electron chi connectivity index (χ1n) is 2.13. The maximum absolute atomic E-state index is 3.59. The van der Waals surface area contributed by atoms with E-state index in [0.29, 0.717) is 0 Å². The summed E-state index contributed by atoms with van der Waals surface area (Å²) in [4.78, 5) is 0. The van der Waals surface area contributed by atoms with Crippen molar-refractivity contribution in [3.05, 3.63) is 0 Å². The molecule has 4 heteroatoms. The van der Waals surface area contributed by atoms with Gasteiger partial charge in [-0.25, -0.2) is 0 Å². The molecule has 0 N–H and O–H groups in total. The molecular formula is C3H7Br3Hf. The second-order valence-electron chi connectivity index (χ2n) is 1.37.